The Labute approximate surface area is 399 Å². The standard InChI is InChI=1S/2C19H22ClN5O.C2H2O4.10H2O/c2*20-16-5-3-6-17(15-16)23-13-11-22(12-14-23)8-4-10-25-19(26)24-9-2-1-7-18(24)21-25;3-1(4)2(5)6;;;;;;;;;;/h2*1-3,5-7,9,15H,4,8,10-14H2;(H,3,4)(H,5,6);10*1H2. The van der Waals surface area contributed by atoms with Gasteiger partial charge in [-0.15, -0.1) is 10.2 Å². The van der Waals surface area contributed by atoms with E-state index in [1.165, 1.54) is 11.4 Å². The van der Waals surface area contributed by atoms with Crippen LogP contribution in [0.5, 0.6) is 0 Å². The Hall–Kier alpha value is -6.08. The van der Waals surface area contributed by atoms with Gasteiger partial charge in [0.05, 0.1) is 90.5 Å². The first-order valence-electron chi connectivity index (χ1n) is 19.2. The lowest BCUT2D eigenvalue weighted by Gasteiger charge is -2.33. The van der Waals surface area contributed by atoms with Crippen molar-refractivity contribution in [2.45, 2.75) is 25.9 Å². The molecule has 6 aromatic rings. The molecule has 22 N–H and O–H groups in total. The third-order valence-electron chi connectivity index (χ3n) is 10.2. The van der Waals surface area contributed by atoms with Crippen molar-refractivity contribution in [1.82, 2.24) is 28.4 Å². The van der Waals surface area contributed by atoms with E-state index in [1.807, 2.05) is 72.8 Å². The maximum Gasteiger partial charge on any atom is 0.350 e. The molecule has 0 spiro atoms. The zero-order valence-electron chi connectivity index (χ0n) is 36.9. The zero-order chi connectivity index (χ0) is 41.0. The van der Waals surface area contributed by atoms with Crippen LogP contribution in [0, 0.1) is 0 Å². The molecular formula is C40H66Cl2N10O16. The topological polar surface area (TPSA) is 489 Å². The molecule has 8 rings (SSSR count). The average Bonchev–Trinajstić information content (AvgIpc) is 3.73. The molecule has 0 saturated carbocycles. The molecular weight excluding hydrogens is 947 g/mol. The van der Waals surface area contributed by atoms with Crippen LogP contribution in [-0.4, -0.2) is 161 Å². The van der Waals surface area contributed by atoms with E-state index in [-0.39, 0.29) is 66.1 Å². The molecule has 2 fully saturated rings. The number of pyridine rings is 2. The number of carbonyl (C=O) groups is 2. The third kappa shape index (κ3) is 19.3. The molecule has 2 aliphatic rings. The normalized spacial score (nSPS) is 12.6. The molecule has 0 aliphatic carbocycles. The number of carboxylic acid groups (broad SMARTS) is 2. The van der Waals surface area contributed by atoms with Crippen molar-refractivity contribution < 1.29 is 84.4 Å². The number of rotatable bonds is 10. The molecule has 68 heavy (non-hydrogen) atoms. The fourth-order valence-corrected chi connectivity index (χ4v) is 7.56. The summed E-state index contributed by atoms with van der Waals surface area (Å²) in [4.78, 5) is 50.4. The van der Waals surface area contributed by atoms with E-state index >= 15 is 0 Å². The van der Waals surface area contributed by atoms with Gasteiger partial charge in [0.15, 0.2) is 11.3 Å². The summed E-state index contributed by atoms with van der Waals surface area (Å²) in [6.45, 7) is 12.0. The van der Waals surface area contributed by atoms with E-state index in [9.17, 15) is 9.59 Å². The van der Waals surface area contributed by atoms with Gasteiger partial charge in [-0.1, -0.05) is 47.5 Å². The maximum atomic E-state index is 12.3. The summed E-state index contributed by atoms with van der Waals surface area (Å²) in [5.41, 5.74) is 3.71. The summed E-state index contributed by atoms with van der Waals surface area (Å²) in [5.74, 6) is -4.37. The lowest BCUT2D eigenvalue weighted by Crippen LogP contribution is -3.14. The highest BCUT2D eigenvalue weighted by atomic mass is 35.5. The molecule has 2 aliphatic heterocycles. The number of carbonyl (C=O) groups excluding carboxylic acids is 2. The number of hydrogen-bond donors (Lipinski definition) is 2. The van der Waals surface area contributed by atoms with Crippen LogP contribution in [0.1, 0.15) is 12.8 Å². The molecule has 386 valence electrons. The number of halogens is 2. The Morgan fingerprint density at radius 2 is 0.853 bits per heavy atom. The summed E-state index contributed by atoms with van der Waals surface area (Å²) in [7, 11) is 0. The SMILES string of the molecule is O.O.O.O.O.O.O.O.O.O.O=C([O-])C(=O)[O-].O=c1n(CCC[NH+]2CCN(c3cccc(Cl)c3)CC2)nc2ccccn12.O=c1n(CCC[NH+]2CCN(c3cccc(Cl)c3)CC2)nc2ccccn12. The van der Waals surface area contributed by atoms with Crippen molar-refractivity contribution in [3.63, 3.8) is 0 Å². The lowest BCUT2D eigenvalue weighted by atomic mass is 10.2. The Morgan fingerprint density at radius 3 is 1.15 bits per heavy atom. The van der Waals surface area contributed by atoms with E-state index in [0.29, 0.717) is 24.4 Å². The number of carboxylic acids is 2. The van der Waals surface area contributed by atoms with Gasteiger partial charge in [0, 0.05) is 46.7 Å². The van der Waals surface area contributed by atoms with Crippen molar-refractivity contribution in [1.29, 1.82) is 0 Å². The van der Waals surface area contributed by atoms with Gasteiger partial charge in [-0.25, -0.2) is 19.0 Å². The van der Waals surface area contributed by atoms with Gasteiger partial charge < -0.3 is 94.2 Å². The van der Waals surface area contributed by atoms with Crippen LogP contribution in [0.2, 0.25) is 10.0 Å². The largest absolute Gasteiger partial charge is 0.543 e. The number of piperazine rings is 2. The summed E-state index contributed by atoms with van der Waals surface area (Å²) in [5, 5.41) is 28.2. The predicted octanol–water partition coefficient (Wildman–Crippen LogP) is -9.87. The van der Waals surface area contributed by atoms with E-state index in [2.05, 4.69) is 32.1 Å². The van der Waals surface area contributed by atoms with Crippen molar-refractivity contribution in [3.05, 3.63) is 128 Å². The van der Waals surface area contributed by atoms with Crippen LogP contribution in [0.25, 0.3) is 11.3 Å². The number of quaternary nitrogens is 2. The highest BCUT2D eigenvalue weighted by Crippen LogP contribution is 2.20. The molecule has 0 bridgehead atoms. The number of anilines is 2. The third-order valence-corrected chi connectivity index (χ3v) is 10.7. The average molecular weight is 1010 g/mol. The first-order chi connectivity index (χ1) is 28.0. The predicted molar refractivity (Wildman–Crippen MR) is 253 cm³/mol. The van der Waals surface area contributed by atoms with Gasteiger partial charge in [0.1, 0.15) is 0 Å². The fourth-order valence-electron chi connectivity index (χ4n) is 7.19. The maximum absolute atomic E-state index is 12.3. The van der Waals surface area contributed by atoms with Crippen LogP contribution in [0.3, 0.4) is 0 Å². The molecule has 2 aromatic carbocycles. The summed E-state index contributed by atoms with van der Waals surface area (Å²) in [6, 6.07) is 27.3. The van der Waals surface area contributed by atoms with E-state index in [0.717, 1.165) is 88.3 Å². The highest BCUT2D eigenvalue weighted by molar-refractivity contribution is 6.31. The monoisotopic (exact) mass is 1010 g/mol. The van der Waals surface area contributed by atoms with Gasteiger partial charge >= 0.3 is 11.4 Å². The van der Waals surface area contributed by atoms with Crippen LogP contribution in [-0.2, 0) is 22.7 Å². The Balaban J connectivity index is -0.000000307. The molecule has 6 heterocycles. The number of aliphatic carboxylic acids is 2. The molecule has 0 radical (unpaired) electrons. The number of nitrogens with zero attached hydrogens (tertiary/aromatic N) is 8. The summed E-state index contributed by atoms with van der Waals surface area (Å²) < 4.78 is 6.35. The number of aromatic nitrogens is 6. The molecule has 2 saturated heterocycles. The second-order valence-electron chi connectivity index (χ2n) is 14.1. The molecule has 0 amide bonds. The quantitative estimate of drug-likeness (QED) is 0.122. The van der Waals surface area contributed by atoms with Gasteiger partial charge in [0.2, 0.25) is 0 Å². The number of aryl methyl sites for hydroxylation is 2. The van der Waals surface area contributed by atoms with Gasteiger partial charge in [-0.05, 0) is 60.7 Å². The fraction of sp³-hybridized carbons (Fsp3) is 0.350. The zero-order valence-corrected chi connectivity index (χ0v) is 38.4. The molecule has 26 nitrogen and oxygen atoms in total. The lowest BCUT2D eigenvalue weighted by molar-refractivity contribution is -0.901. The Kier molecular flexibility index (Phi) is 35.7. The van der Waals surface area contributed by atoms with Crippen molar-refractivity contribution in [3.8, 4) is 0 Å². The smallest absolute Gasteiger partial charge is 0.350 e. The van der Waals surface area contributed by atoms with Crippen molar-refractivity contribution in [2.24, 2.45) is 0 Å². The first kappa shape index (κ1) is 70.9. The highest BCUT2D eigenvalue weighted by Gasteiger charge is 2.21. The number of benzene rings is 2. The minimum absolute atomic E-state index is 0. The van der Waals surface area contributed by atoms with Crippen LogP contribution < -0.4 is 41.2 Å². The molecule has 28 heteroatoms. The van der Waals surface area contributed by atoms with E-state index < -0.39 is 11.9 Å². The van der Waals surface area contributed by atoms with Crippen LogP contribution >= 0.6 is 23.2 Å². The van der Waals surface area contributed by atoms with E-state index in [1.54, 1.807) is 40.4 Å². The Morgan fingerprint density at radius 1 is 0.515 bits per heavy atom. The van der Waals surface area contributed by atoms with Gasteiger partial charge in [-0.2, -0.15) is 0 Å². The first-order valence-corrected chi connectivity index (χ1v) is 20.0. The van der Waals surface area contributed by atoms with Gasteiger partial charge in [0.25, 0.3) is 0 Å². The minimum atomic E-state index is -2.19. The summed E-state index contributed by atoms with van der Waals surface area (Å²) >= 11 is 12.2. The van der Waals surface area contributed by atoms with Crippen molar-refractivity contribution in [2.75, 3.05) is 75.2 Å². The number of nitrogens with one attached hydrogen (secondary N) is 2. The molecule has 0 atom stereocenters. The number of hydrogen-bond acceptors (Lipinski definition) is 10. The minimum Gasteiger partial charge on any atom is -0.543 e. The number of fused-ring (bicyclic) bond motifs is 2. The van der Waals surface area contributed by atoms with Gasteiger partial charge in [-0.3, -0.25) is 8.80 Å². The van der Waals surface area contributed by atoms with Crippen LogP contribution in [0.15, 0.2) is 107 Å². The second kappa shape index (κ2) is 34.2. The second-order valence-corrected chi connectivity index (χ2v) is 15.0. The van der Waals surface area contributed by atoms with Crippen molar-refractivity contribution >= 4 is 57.8 Å². The van der Waals surface area contributed by atoms with Crippen LogP contribution in [0.4, 0.5) is 11.4 Å². The molecule has 4 aromatic heterocycles. The Bertz CT molecular complexity index is 2270. The van der Waals surface area contributed by atoms with E-state index in [4.69, 9.17) is 43.0 Å². The molecule has 0 unspecified atom stereocenters. The summed E-state index contributed by atoms with van der Waals surface area (Å²) in [6.07, 6.45) is 5.44.